The Hall–Kier alpha value is -2.60. The van der Waals surface area contributed by atoms with E-state index < -0.39 is 97.4 Å². The minimum atomic E-state index is -7.55. The van der Waals surface area contributed by atoms with E-state index in [-0.39, 0.29) is 0 Å². The highest BCUT2D eigenvalue weighted by Crippen LogP contribution is 2.56. The van der Waals surface area contributed by atoms with E-state index >= 15 is 0 Å². The van der Waals surface area contributed by atoms with E-state index in [9.17, 15) is 106 Å². The molecular formula is C16H8F22O4. The Morgan fingerprint density at radius 3 is 0.762 bits per heavy atom. The molecule has 0 rings (SSSR count). The molecule has 0 aromatic carbocycles. The van der Waals surface area contributed by atoms with Crippen molar-refractivity contribution in [1.29, 1.82) is 0 Å². The number of carbonyl (C=O) groups is 2. The van der Waals surface area contributed by atoms with Crippen molar-refractivity contribution >= 4 is 11.9 Å². The summed E-state index contributed by atoms with van der Waals surface area (Å²) in [5.74, 6) is -62.2. The maximum Gasteiger partial charge on any atom is 0.460 e. The molecule has 0 fully saturated rings. The highest BCUT2D eigenvalue weighted by molar-refractivity contribution is 5.80. The van der Waals surface area contributed by atoms with E-state index in [1.807, 2.05) is 0 Å². The Kier molecular flexibility index (Phi) is 10.5. The second kappa shape index (κ2) is 11.2. The summed E-state index contributed by atoms with van der Waals surface area (Å²) >= 11 is 0. The molecule has 0 aliphatic heterocycles. The summed E-state index contributed by atoms with van der Waals surface area (Å²) in [5.41, 5.74) is 0. The largest absolute Gasteiger partial charge is 0.460 e. The Morgan fingerprint density at radius 2 is 0.571 bits per heavy atom. The first-order valence-electron chi connectivity index (χ1n) is 9.55. The zero-order valence-corrected chi connectivity index (χ0v) is 18.8. The molecule has 42 heavy (non-hydrogen) atoms. The van der Waals surface area contributed by atoms with Gasteiger partial charge in [-0.3, -0.25) is 0 Å². The van der Waals surface area contributed by atoms with Gasteiger partial charge < -0.3 is 0 Å². The van der Waals surface area contributed by atoms with Crippen molar-refractivity contribution in [1.82, 2.24) is 0 Å². The van der Waals surface area contributed by atoms with Crippen LogP contribution in [0.2, 0.25) is 0 Å². The molecule has 0 unspecified atom stereocenters. The summed E-state index contributed by atoms with van der Waals surface area (Å²) in [5, 5.41) is 0. The van der Waals surface area contributed by atoms with Crippen LogP contribution in [0, 0.1) is 0 Å². The van der Waals surface area contributed by atoms with Crippen LogP contribution in [0.25, 0.3) is 0 Å². The molecule has 0 saturated carbocycles. The van der Waals surface area contributed by atoms with Gasteiger partial charge in [-0.15, -0.1) is 0 Å². The van der Waals surface area contributed by atoms with Crippen LogP contribution in [0.5, 0.6) is 0 Å². The van der Waals surface area contributed by atoms with Crippen LogP contribution in [-0.2, 0) is 19.4 Å². The van der Waals surface area contributed by atoms with Crippen LogP contribution < -0.4 is 0 Å². The van der Waals surface area contributed by atoms with Crippen molar-refractivity contribution in [2.24, 2.45) is 0 Å². The molecule has 0 atom stereocenters. The topological polar surface area (TPSA) is 52.6 Å². The van der Waals surface area contributed by atoms with Crippen molar-refractivity contribution in [3.8, 4) is 0 Å². The second-order valence-electron chi connectivity index (χ2n) is 7.85. The Labute approximate surface area is 214 Å². The van der Waals surface area contributed by atoms with Gasteiger partial charge in [-0.2, -0.15) is 96.6 Å². The molecule has 0 bridgehead atoms. The lowest BCUT2D eigenvalue weighted by molar-refractivity contribution is -0.397. The number of rotatable bonds is 12. The molecule has 0 spiro atoms. The molecule has 0 radical (unpaired) electrons. The van der Waals surface area contributed by atoms with Crippen LogP contribution >= 0.6 is 0 Å². The lowest BCUT2D eigenvalue weighted by Gasteiger charge is -2.34. The van der Waals surface area contributed by atoms with Gasteiger partial charge in [-0.05, 0) is 0 Å². The third-order valence-corrected chi connectivity index (χ3v) is 4.72. The van der Waals surface area contributed by atoms with Crippen LogP contribution in [0.1, 0.15) is 25.7 Å². The molecule has 250 valence electrons. The number of alkyl halides is 22. The van der Waals surface area contributed by atoms with Gasteiger partial charge in [0, 0.05) is 25.7 Å². The molecule has 0 aliphatic carbocycles. The van der Waals surface area contributed by atoms with Gasteiger partial charge in [0.2, 0.25) is 0 Å². The van der Waals surface area contributed by atoms with E-state index in [0.29, 0.717) is 0 Å². The average molecular weight is 682 g/mol. The number of hydrogen-bond donors (Lipinski definition) is 0. The molecule has 0 aromatic heterocycles. The number of halogens is 22. The predicted octanol–water partition coefficient (Wildman–Crippen LogP) is 7.76. The van der Waals surface area contributed by atoms with Gasteiger partial charge in [0.1, 0.15) is 0 Å². The van der Waals surface area contributed by atoms with Gasteiger partial charge in [0.05, 0.1) is 0 Å². The smallest absolute Gasteiger partial charge is 0.240 e. The van der Waals surface area contributed by atoms with Gasteiger partial charge in [-0.1, -0.05) is 0 Å². The van der Waals surface area contributed by atoms with E-state index in [2.05, 4.69) is 9.78 Å². The fourth-order valence-electron chi connectivity index (χ4n) is 2.16. The first kappa shape index (κ1) is 39.4. The minimum absolute atomic E-state index is 2.64. The molecule has 4 nitrogen and oxygen atoms in total. The standard InChI is InChI=1S/C16H8F22O4/c17-7(18,1-3-9(21,22)11(25,26)13(29,30)15(33,34)35)5(39)41-42-6(40)8(19,20)2-4-10(23,24)12(27,28)14(31,32)16(36,37)38/h1-4H2. The lowest BCUT2D eigenvalue weighted by atomic mass is 9.98. The molecule has 0 aliphatic rings. The van der Waals surface area contributed by atoms with Gasteiger partial charge in [0.15, 0.2) is 0 Å². The highest BCUT2D eigenvalue weighted by atomic mass is 19.4. The third kappa shape index (κ3) is 7.30. The monoisotopic (exact) mass is 682 g/mol. The second-order valence-corrected chi connectivity index (χ2v) is 7.85. The average Bonchev–Trinajstić information content (AvgIpc) is 2.77. The quantitative estimate of drug-likeness (QED) is 0.120. The third-order valence-electron chi connectivity index (χ3n) is 4.72. The summed E-state index contributed by atoms with van der Waals surface area (Å²) in [6.07, 6.45) is -27.9. The summed E-state index contributed by atoms with van der Waals surface area (Å²) < 4.78 is 282. The number of hydrogen-bond acceptors (Lipinski definition) is 4. The van der Waals surface area contributed by atoms with Gasteiger partial charge >= 0.3 is 71.7 Å². The molecule has 0 saturated heterocycles. The Morgan fingerprint density at radius 1 is 0.357 bits per heavy atom. The summed E-state index contributed by atoms with van der Waals surface area (Å²) in [6.45, 7) is 0. The maximum atomic E-state index is 13.5. The first-order valence-corrected chi connectivity index (χ1v) is 9.55. The van der Waals surface area contributed by atoms with E-state index in [1.54, 1.807) is 0 Å². The van der Waals surface area contributed by atoms with Crippen molar-refractivity contribution in [3.63, 3.8) is 0 Å². The maximum absolute atomic E-state index is 13.5. The molecule has 0 aromatic rings. The molecule has 0 N–H and O–H groups in total. The summed E-state index contributed by atoms with van der Waals surface area (Å²) in [7, 11) is 0. The molecule has 0 heterocycles. The minimum Gasteiger partial charge on any atom is -0.240 e. The van der Waals surface area contributed by atoms with Crippen molar-refractivity contribution in [2.45, 2.75) is 85.4 Å². The normalized spacial score (nSPS) is 15.5. The highest BCUT2D eigenvalue weighted by Gasteiger charge is 2.82. The molecular weight excluding hydrogens is 674 g/mol. The van der Waals surface area contributed by atoms with Crippen LogP contribution in [0.3, 0.4) is 0 Å². The van der Waals surface area contributed by atoms with Crippen LogP contribution in [-0.4, -0.2) is 71.7 Å². The van der Waals surface area contributed by atoms with Crippen LogP contribution in [0.15, 0.2) is 0 Å². The van der Waals surface area contributed by atoms with Crippen molar-refractivity contribution < 1.29 is 116 Å². The Balaban J connectivity index is 5.46. The SMILES string of the molecule is O=C(OOC(=O)C(F)(F)CCC(F)(F)C(F)(F)C(F)(F)C(F)(F)F)C(F)(F)CCC(F)(F)C(F)(F)C(F)(F)C(F)(F)F. The van der Waals surface area contributed by atoms with Gasteiger partial charge in [0.25, 0.3) is 0 Å². The van der Waals surface area contributed by atoms with Crippen LogP contribution in [0.4, 0.5) is 96.6 Å². The fraction of sp³-hybridized carbons (Fsp3) is 0.875. The zero-order valence-electron chi connectivity index (χ0n) is 18.8. The van der Waals surface area contributed by atoms with E-state index in [4.69, 9.17) is 0 Å². The number of carbonyl (C=O) groups excluding carboxylic acids is 2. The Bertz CT molecular complexity index is 900. The molecule has 0 amide bonds. The summed E-state index contributed by atoms with van der Waals surface area (Å²) in [4.78, 5) is 27.3. The lowest BCUT2D eigenvalue weighted by Crippen LogP contribution is -2.61. The fourth-order valence-corrected chi connectivity index (χ4v) is 2.16. The van der Waals surface area contributed by atoms with Crippen molar-refractivity contribution in [3.05, 3.63) is 0 Å². The zero-order chi connectivity index (χ0) is 34.4. The predicted molar refractivity (Wildman–Crippen MR) is 82.3 cm³/mol. The first-order chi connectivity index (χ1) is 18.0. The van der Waals surface area contributed by atoms with Gasteiger partial charge in [-0.25, -0.2) is 19.4 Å². The van der Waals surface area contributed by atoms with E-state index in [0.717, 1.165) is 0 Å². The summed E-state index contributed by atoms with van der Waals surface area (Å²) in [6, 6.07) is 0. The van der Waals surface area contributed by atoms with E-state index in [1.165, 1.54) is 0 Å². The molecule has 26 heteroatoms. The van der Waals surface area contributed by atoms with Crippen molar-refractivity contribution in [2.75, 3.05) is 0 Å².